The van der Waals surface area contributed by atoms with Gasteiger partial charge in [-0.2, -0.15) is 0 Å². The molecule has 4 nitrogen and oxygen atoms in total. The molecule has 25 heavy (non-hydrogen) atoms. The number of anilines is 1. The van der Waals surface area contributed by atoms with Crippen molar-refractivity contribution in [3.63, 3.8) is 0 Å². The number of nitrogens with one attached hydrogen (secondary N) is 1. The van der Waals surface area contributed by atoms with Crippen molar-refractivity contribution >= 4 is 45.8 Å². The first kappa shape index (κ1) is 17.5. The molecule has 3 aromatic rings. The van der Waals surface area contributed by atoms with Crippen molar-refractivity contribution in [3.8, 4) is 0 Å². The van der Waals surface area contributed by atoms with E-state index in [0.717, 1.165) is 16.5 Å². The van der Waals surface area contributed by atoms with Crippen LogP contribution in [0, 0.1) is 6.92 Å². The van der Waals surface area contributed by atoms with Crippen LogP contribution >= 0.6 is 23.2 Å². The van der Waals surface area contributed by atoms with Crippen molar-refractivity contribution in [1.82, 2.24) is 4.98 Å². The van der Waals surface area contributed by atoms with Crippen LogP contribution in [0.2, 0.25) is 10.0 Å². The summed E-state index contributed by atoms with van der Waals surface area (Å²) in [5.41, 5.74) is 3.15. The van der Waals surface area contributed by atoms with Crippen LogP contribution < -0.4 is 5.32 Å². The Balaban J connectivity index is 2.12. The van der Waals surface area contributed by atoms with E-state index in [-0.39, 0.29) is 11.6 Å². The van der Waals surface area contributed by atoms with Gasteiger partial charge in [0, 0.05) is 27.7 Å². The standard InChI is InChI=1S/C19H16Cl2N2O2/c1-10-16(21)8-7-14-17(10)22-9-15(19(24)25)18(14)23-11(2)12-3-5-13(20)6-4-12/h3-9,11H,1-2H3,(H,22,23)(H,24,25). The maximum absolute atomic E-state index is 11.7. The molecular formula is C19H16Cl2N2O2. The van der Waals surface area contributed by atoms with Crippen LogP contribution in [-0.2, 0) is 0 Å². The van der Waals surface area contributed by atoms with Crippen molar-refractivity contribution in [3.05, 3.63) is 69.3 Å². The molecule has 2 N–H and O–H groups in total. The quantitative estimate of drug-likeness (QED) is 0.612. The smallest absolute Gasteiger partial charge is 0.339 e. The van der Waals surface area contributed by atoms with Gasteiger partial charge in [-0.25, -0.2) is 4.79 Å². The first-order valence-corrected chi connectivity index (χ1v) is 8.47. The summed E-state index contributed by atoms with van der Waals surface area (Å²) in [5.74, 6) is -1.03. The lowest BCUT2D eigenvalue weighted by Gasteiger charge is -2.19. The van der Waals surface area contributed by atoms with E-state index in [1.807, 2.05) is 38.1 Å². The minimum atomic E-state index is -1.03. The van der Waals surface area contributed by atoms with Gasteiger partial charge in [-0.3, -0.25) is 4.98 Å². The molecule has 0 saturated heterocycles. The number of hydrogen-bond donors (Lipinski definition) is 2. The van der Waals surface area contributed by atoms with E-state index in [0.29, 0.717) is 21.2 Å². The normalized spacial score (nSPS) is 12.2. The topological polar surface area (TPSA) is 62.2 Å². The molecule has 1 atom stereocenters. The lowest BCUT2D eigenvalue weighted by atomic mass is 10.0. The number of pyridine rings is 1. The van der Waals surface area contributed by atoms with E-state index in [1.54, 1.807) is 12.1 Å². The molecule has 0 fully saturated rings. The molecule has 1 aromatic heterocycles. The fourth-order valence-corrected chi connectivity index (χ4v) is 3.03. The van der Waals surface area contributed by atoms with Gasteiger partial charge in [0.2, 0.25) is 0 Å². The number of benzene rings is 2. The van der Waals surface area contributed by atoms with Gasteiger partial charge < -0.3 is 10.4 Å². The Morgan fingerprint density at radius 3 is 2.48 bits per heavy atom. The molecule has 0 aliphatic rings. The SMILES string of the molecule is Cc1c(Cl)ccc2c(NC(C)c3ccc(Cl)cc3)c(C(=O)O)cnc12. The number of carboxylic acids is 1. The van der Waals surface area contributed by atoms with Crippen LogP contribution in [0.15, 0.2) is 42.6 Å². The molecule has 6 heteroatoms. The first-order valence-electron chi connectivity index (χ1n) is 7.71. The number of carbonyl (C=O) groups is 1. The molecule has 128 valence electrons. The maximum Gasteiger partial charge on any atom is 0.339 e. The Labute approximate surface area is 155 Å². The first-order chi connectivity index (χ1) is 11.9. The van der Waals surface area contributed by atoms with Crippen LogP contribution in [0.3, 0.4) is 0 Å². The molecule has 0 bridgehead atoms. The van der Waals surface area contributed by atoms with Crippen molar-refractivity contribution in [2.75, 3.05) is 5.32 Å². The van der Waals surface area contributed by atoms with Gasteiger partial charge in [0.15, 0.2) is 0 Å². The fourth-order valence-electron chi connectivity index (χ4n) is 2.75. The summed E-state index contributed by atoms with van der Waals surface area (Å²) in [6.07, 6.45) is 1.37. The number of carboxylic acid groups (broad SMARTS) is 1. The average Bonchev–Trinajstić information content (AvgIpc) is 2.58. The Bertz CT molecular complexity index is 956. The minimum absolute atomic E-state index is 0.114. The molecule has 3 rings (SSSR count). The minimum Gasteiger partial charge on any atom is -0.478 e. The highest BCUT2D eigenvalue weighted by atomic mass is 35.5. The zero-order valence-electron chi connectivity index (χ0n) is 13.7. The van der Waals surface area contributed by atoms with E-state index in [9.17, 15) is 9.90 Å². The molecule has 0 saturated carbocycles. The monoisotopic (exact) mass is 374 g/mol. The molecule has 0 spiro atoms. The zero-order valence-corrected chi connectivity index (χ0v) is 15.2. The molecule has 0 radical (unpaired) electrons. The third-order valence-corrected chi connectivity index (χ3v) is 4.85. The predicted octanol–water partition coefficient (Wildman–Crippen LogP) is 5.72. The number of rotatable bonds is 4. The van der Waals surface area contributed by atoms with Crippen LogP contribution in [0.25, 0.3) is 10.9 Å². The number of fused-ring (bicyclic) bond motifs is 1. The van der Waals surface area contributed by atoms with Gasteiger partial charge in [0.05, 0.1) is 11.2 Å². The number of halogens is 2. The maximum atomic E-state index is 11.7. The molecular weight excluding hydrogens is 359 g/mol. The van der Waals surface area contributed by atoms with Crippen LogP contribution in [0.4, 0.5) is 5.69 Å². The van der Waals surface area contributed by atoms with Crippen molar-refractivity contribution in [1.29, 1.82) is 0 Å². The van der Waals surface area contributed by atoms with E-state index in [4.69, 9.17) is 23.2 Å². The summed E-state index contributed by atoms with van der Waals surface area (Å²) in [6, 6.07) is 10.9. The second-order valence-electron chi connectivity index (χ2n) is 5.84. The third kappa shape index (κ3) is 3.41. The van der Waals surface area contributed by atoms with Gasteiger partial charge in [-0.05, 0) is 49.2 Å². The molecule has 0 aliphatic heterocycles. The van der Waals surface area contributed by atoms with Crippen LogP contribution in [-0.4, -0.2) is 16.1 Å². The van der Waals surface area contributed by atoms with Gasteiger partial charge in [0.25, 0.3) is 0 Å². The lowest BCUT2D eigenvalue weighted by molar-refractivity contribution is 0.0697. The molecule has 0 aliphatic carbocycles. The van der Waals surface area contributed by atoms with Crippen molar-refractivity contribution in [2.45, 2.75) is 19.9 Å². The molecule has 1 heterocycles. The molecule has 0 amide bonds. The Kier molecular flexibility index (Phi) is 4.84. The number of aromatic carboxylic acids is 1. The predicted molar refractivity (Wildman–Crippen MR) is 102 cm³/mol. The van der Waals surface area contributed by atoms with Gasteiger partial charge in [0.1, 0.15) is 5.56 Å². The van der Waals surface area contributed by atoms with Crippen molar-refractivity contribution in [2.24, 2.45) is 0 Å². The van der Waals surface area contributed by atoms with Gasteiger partial charge in [-0.1, -0.05) is 35.3 Å². The van der Waals surface area contributed by atoms with E-state index < -0.39 is 5.97 Å². The Morgan fingerprint density at radius 1 is 1.16 bits per heavy atom. The van der Waals surface area contributed by atoms with E-state index in [2.05, 4.69) is 10.3 Å². The van der Waals surface area contributed by atoms with Crippen molar-refractivity contribution < 1.29 is 9.90 Å². The number of aromatic nitrogens is 1. The van der Waals surface area contributed by atoms with Crippen LogP contribution in [0.1, 0.15) is 34.5 Å². The average molecular weight is 375 g/mol. The van der Waals surface area contributed by atoms with Gasteiger partial charge >= 0.3 is 5.97 Å². The lowest BCUT2D eigenvalue weighted by Crippen LogP contribution is -2.12. The summed E-state index contributed by atoms with van der Waals surface area (Å²) in [6.45, 7) is 3.83. The highest BCUT2D eigenvalue weighted by Crippen LogP contribution is 2.33. The number of nitrogens with zero attached hydrogens (tertiary/aromatic N) is 1. The van der Waals surface area contributed by atoms with E-state index >= 15 is 0 Å². The molecule has 2 aromatic carbocycles. The molecule has 1 unspecified atom stereocenters. The summed E-state index contributed by atoms with van der Waals surface area (Å²) >= 11 is 12.1. The third-order valence-electron chi connectivity index (χ3n) is 4.19. The highest BCUT2D eigenvalue weighted by molar-refractivity contribution is 6.32. The summed E-state index contributed by atoms with van der Waals surface area (Å²) in [7, 11) is 0. The largest absolute Gasteiger partial charge is 0.478 e. The second-order valence-corrected chi connectivity index (χ2v) is 6.68. The Morgan fingerprint density at radius 2 is 1.84 bits per heavy atom. The summed E-state index contributed by atoms with van der Waals surface area (Å²) < 4.78 is 0. The number of hydrogen-bond acceptors (Lipinski definition) is 3. The van der Waals surface area contributed by atoms with E-state index in [1.165, 1.54) is 6.20 Å². The Hall–Kier alpha value is -2.30. The van der Waals surface area contributed by atoms with Crippen LogP contribution in [0.5, 0.6) is 0 Å². The summed E-state index contributed by atoms with van der Waals surface area (Å²) in [4.78, 5) is 15.9. The van der Waals surface area contributed by atoms with Gasteiger partial charge in [-0.15, -0.1) is 0 Å². The summed E-state index contributed by atoms with van der Waals surface area (Å²) in [5, 5.41) is 14.8. The zero-order chi connectivity index (χ0) is 18.1. The fraction of sp³-hybridized carbons (Fsp3) is 0.158. The highest BCUT2D eigenvalue weighted by Gasteiger charge is 2.18. The second kappa shape index (κ2) is 6.90. The number of aryl methyl sites for hydroxylation is 1.